The SMILES string of the molecule is C[C@H](N)CCc1cc(-c2ccccc2)n[nH]1. The maximum Gasteiger partial charge on any atom is 0.0923 e. The minimum Gasteiger partial charge on any atom is -0.328 e. The van der Waals surface area contributed by atoms with Crippen LogP contribution >= 0.6 is 0 Å². The smallest absolute Gasteiger partial charge is 0.0923 e. The Morgan fingerprint density at radius 3 is 2.75 bits per heavy atom. The standard InChI is InChI=1S/C13H17N3/c1-10(14)7-8-12-9-13(16-15-12)11-5-3-2-4-6-11/h2-6,9-10H,7-8,14H2,1H3,(H,15,16)/t10-/m0/s1. The van der Waals surface area contributed by atoms with Crippen LogP contribution in [0.25, 0.3) is 11.3 Å². The van der Waals surface area contributed by atoms with Crippen molar-refractivity contribution in [3.05, 3.63) is 42.1 Å². The van der Waals surface area contributed by atoms with Gasteiger partial charge in [0.25, 0.3) is 0 Å². The van der Waals surface area contributed by atoms with Crippen molar-refractivity contribution in [3.63, 3.8) is 0 Å². The molecule has 0 unspecified atom stereocenters. The van der Waals surface area contributed by atoms with Crippen molar-refractivity contribution in [2.24, 2.45) is 5.73 Å². The van der Waals surface area contributed by atoms with Gasteiger partial charge in [-0.15, -0.1) is 0 Å². The van der Waals surface area contributed by atoms with Crippen LogP contribution in [0.4, 0.5) is 0 Å². The zero-order chi connectivity index (χ0) is 11.4. The molecule has 0 bridgehead atoms. The van der Waals surface area contributed by atoms with Gasteiger partial charge in [-0.1, -0.05) is 30.3 Å². The second-order valence-corrected chi connectivity index (χ2v) is 4.16. The molecule has 3 heteroatoms. The van der Waals surface area contributed by atoms with E-state index in [-0.39, 0.29) is 6.04 Å². The molecule has 16 heavy (non-hydrogen) atoms. The van der Waals surface area contributed by atoms with E-state index in [4.69, 9.17) is 5.73 Å². The Balaban J connectivity index is 2.08. The fourth-order valence-electron chi connectivity index (χ4n) is 1.63. The van der Waals surface area contributed by atoms with Crippen LogP contribution < -0.4 is 5.73 Å². The minimum absolute atomic E-state index is 0.239. The molecule has 2 rings (SSSR count). The van der Waals surface area contributed by atoms with Crippen LogP contribution in [-0.2, 0) is 6.42 Å². The van der Waals surface area contributed by atoms with Crippen LogP contribution in [0.15, 0.2) is 36.4 Å². The summed E-state index contributed by atoms with van der Waals surface area (Å²) in [6, 6.07) is 12.5. The van der Waals surface area contributed by atoms with Gasteiger partial charge in [0.05, 0.1) is 5.69 Å². The predicted octanol–water partition coefficient (Wildman–Crippen LogP) is 2.36. The summed E-state index contributed by atoms with van der Waals surface area (Å²) < 4.78 is 0. The maximum absolute atomic E-state index is 5.72. The molecular weight excluding hydrogens is 198 g/mol. The third kappa shape index (κ3) is 2.70. The number of aromatic amines is 1. The first kappa shape index (κ1) is 10.9. The Bertz CT molecular complexity index is 431. The minimum atomic E-state index is 0.239. The van der Waals surface area contributed by atoms with Crippen LogP contribution in [0.1, 0.15) is 19.0 Å². The third-order valence-corrected chi connectivity index (χ3v) is 2.57. The lowest BCUT2D eigenvalue weighted by atomic mass is 10.1. The van der Waals surface area contributed by atoms with E-state index in [0.29, 0.717) is 0 Å². The highest BCUT2D eigenvalue weighted by atomic mass is 15.1. The van der Waals surface area contributed by atoms with E-state index in [0.717, 1.165) is 29.8 Å². The van der Waals surface area contributed by atoms with E-state index in [2.05, 4.69) is 28.4 Å². The largest absolute Gasteiger partial charge is 0.328 e. The molecule has 84 valence electrons. The molecule has 3 nitrogen and oxygen atoms in total. The van der Waals surface area contributed by atoms with E-state index in [9.17, 15) is 0 Å². The molecule has 1 aromatic carbocycles. The zero-order valence-electron chi connectivity index (χ0n) is 9.48. The number of benzene rings is 1. The first-order valence-corrected chi connectivity index (χ1v) is 5.61. The number of aryl methyl sites for hydroxylation is 1. The predicted molar refractivity (Wildman–Crippen MR) is 66.0 cm³/mol. The van der Waals surface area contributed by atoms with Gasteiger partial charge < -0.3 is 5.73 Å². The molecular formula is C13H17N3. The summed E-state index contributed by atoms with van der Waals surface area (Å²) in [5, 5.41) is 7.35. The quantitative estimate of drug-likeness (QED) is 0.822. The molecule has 0 saturated heterocycles. The van der Waals surface area contributed by atoms with Crippen molar-refractivity contribution >= 4 is 0 Å². The highest BCUT2D eigenvalue weighted by Gasteiger charge is 2.04. The lowest BCUT2D eigenvalue weighted by molar-refractivity contribution is 0.657. The van der Waals surface area contributed by atoms with Crippen molar-refractivity contribution in [2.45, 2.75) is 25.8 Å². The molecule has 0 saturated carbocycles. The molecule has 1 heterocycles. The van der Waals surface area contributed by atoms with E-state index < -0.39 is 0 Å². The average Bonchev–Trinajstić information content (AvgIpc) is 2.76. The Labute approximate surface area is 95.7 Å². The molecule has 0 aliphatic rings. The van der Waals surface area contributed by atoms with Crippen molar-refractivity contribution in [1.82, 2.24) is 10.2 Å². The van der Waals surface area contributed by atoms with Crippen molar-refractivity contribution in [1.29, 1.82) is 0 Å². The van der Waals surface area contributed by atoms with Gasteiger partial charge in [0.1, 0.15) is 0 Å². The highest BCUT2D eigenvalue weighted by Crippen LogP contribution is 2.17. The summed E-state index contributed by atoms with van der Waals surface area (Å²) in [6.45, 7) is 2.02. The number of rotatable bonds is 4. The molecule has 0 amide bonds. The van der Waals surface area contributed by atoms with Crippen molar-refractivity contribution in [2.75, 3.05) is 0 Å². The Hall–Kier alpha value is -1.61. The van der Waals surface area contributed by atoms with Gasteiger partial charge in [0.2, 0.25) is 0 Å². The van der Waals surface area contributed by atoms with Gasteiger partial charge in [-0.25, -0.2) is 0 Å². The number of hydrogen-bond acceptors (Lipinski definition) is 2. The second kappa shape index (κ2) is 4.94. The van der Waals surface area contributed by atoms with Gasteiger partial charge in [-0.2, -0.15) is 5.10 Å². The topological polar surface area (TPSA) is 54.7 Å². The molecule has 3 N–H and O–H groups in total. The molecule has 1 aromatic heterocycles. The zero-order valence-corrected chi connectivity index (χ0v) is 9.48. The summed E-state index contributed by atoms with van der Waals surface area (Å²) in [6.07, 6.45) is 1.94. The second-order valence-electron chi connectivity index (χ2n) is 4.16. The maximum atomic E-state index is 5.72. The van der Waals surface area contributed by atoms with Crippen LogP contribution in [0.2, 0.25) is 0 Å². The summed E-state index contributed by atoms with van der Waals surface area (Å²) in [4.78, 5) is 0. The third-order valence-electron chi connectivity index (χ3n) is 2.57. The Morgan fingerprint density at radius 2 is 2.06 bits per heavy atom. The van der Waals surface area contributed by atoms with Gasteiger partial charge in [-0.05, 0) is 25.8 Å². The lowest BCUT2D eigenvalue weighted by Crippen LogP contribution is -2.15. The molecule has 0 aliphatic heterocycles. The lowest BCUT2D eigenvalue weighted by Gasteiger charge is -2.01. The summed E-state index contributed by atoms with van der Waals surface area (Å²) in [7, 11) is 0. The molecule has 0 radical (unpaired) electrons. The molecule has 0 fully saturated rings. The van der Waals surface area contributed by atoms with Crippen LogP contribution in [0.3, 0.4) is 0 Å². The molecule has 2 aromatic rings. The molecule has 0 spiro atoms. The van der Waals surface area contributed by atoms with Crippen LogP contribution in [-0.4, -0.2) is 16.2 Å². The highest BCUT2D eigenvalue weighted by molar-refractivity contribution is 5.58. The van der Waals surface area contributed by atoms with Crippen molar-refractivity contribution in [3.8, 4) is 11.3 Å². The van der Waals surface area contributed by atoms with Gasteiger partial charge >= 0.3 is 0 Å². The van der Waals surface area contributed by atoms with Crippen LogP contribution in [0.5, 0.6) is 0 Å². The first-order chi connectivity index (χ1) is 7.75. The Morgan fingerprint density at radius 1 is 1.31 bits per heavy atom. The first-order valence-electron chi connectivity index (χ1n) is 5.61. The van der Waals surface area contributed by atoms with E-state index in [1.54, 1.807) is 0 Å². The fourth-order valence-corrected chi connectivity index (χ4v) is 1.63. The fraction of sp³-hybridized carbons (Fsp3) is 0.308. The van der Waals surface area contributed by atoms with Crippen molar-refractivity contribution < 1.29 is 0 Å². The molecule has 1 atom stereocenters. The summed E-state index contributed by atoms with van der Waals surface area (Å²) in [5.74, 6) is 0. The Kier molecular flexibility index (Phi) is 3.37. The number of aromatic nitrogens is 2. The average molecular weight is 215 g/mol. The molecule has 0 aliphatic carbocycles. The van der Waals surface area contributed by atoms with E-state index >= 15 is 0 Å². The van der Waals surface area contributed by atoms with Gasteiger partial charge in [0, 0.05) is 17.3 Å². The number of nitrogens with two attached hydrogens (primary N) is 1. The van der Waals surface area contributed by atoms with E-state index in [1.165, 1.54) is 0 Å². The monoisotopic (exact) mass is 215 g/mol. The van der Waals surface area contributed by atoms with E-state index in [1.807, 2.05) is 25.1 Å². The normalized spacial score (nSPS) is 12.6. The number of hydrogen-bond donors (Lipinski definition) is 2. The summed E-state index contributed by atoms with van der Waals surface area (Å²) in [5.41, 5.74) is 9.02. The van der Waals surface area contributed by atoms with Crippen LogP contribution in [0, 0.1) is 0 Å². The van der Waals surface area contributed by atoms with Gasteiger partial charge in [0.15, 0.2) is 0 Å². The summed E-state index contributed by atoms with van der Waals surface area (Å²) >= 11 is 0. The number of nitrogens with one attached hydrogen (secondary N) is 1. The number of nitrogens with zero attached hydrogens (tertiary/aromatic N) is 1. The number of H-pyrrole nitrogens is 1. The van der Waals surface area contributed by atoms with Gasteiger partial charge in [-0.3, -0.25) is 5.10 Å².